The lowest BCUT2D eigenvalue weighted by molar-refractivity contribution is -0.272. The molecule has 6 nitrogen and oxygen atoms in total. The van der Waals surface area contributed by atoms with Crippen molar-refractivity contribution in [3.05, 3.63) is 53.6 Å². The van der Waals surface area contributed by atoms with E-state index in [2.05, 4.69) is 20.6 Å². The summed E-state index contributed by atoms with van der Waals surface area (Å²) in [6, 6.07) is 2.90. The van der Waals surface area contributed by atoms with Crippen molar-refractivity contribution in [3.8, 4) is 0 Å². The lowest BCUT2D eigenvalue weighted by Gasteiger charge is -2.29. The minimum absolute atomic E-state index is 0. The van der Waals surface area contributed by atoms with Crippen LogP contribution in [-0.4, -0.2) is 39.9 Å². The molecule has 1 aromatic heterocycles. The molecular weight excluding hydrogens is 536 g/mol. The normalized spacial score (nSPS) is 15.1. The highest BCUT2D eigenvalue weighted by atomic mass is 127. The van der Waals surface area contributed by atoms with E-state index < -0.39 is 41.7 Å². The molecule has 0 radical (unpaired) electrons. The highest BCUT2D eigenvalue weighted by molar-refractivity contribution is 14.0. The molecule has 2 rings (SSSR count). The van der Waals surface area contributed by atoms with Gasteiger partial charge in [-0.3, -0.25) is 4.99 Å². The molecule has 0 aliphatic heterocycles. The van der Waals surface area contributed by atoms with E-state index in [0.717, 1.165) is 16.7 Å². The molecule has 2 unspecified atom stereocenters. The van der Waals surface area contributed by atoms with Crippen LogP contribution < -0.4 is 10.6 Å². The van der Waals surface area contributed by atoms with Gasteiger partial charge >= 0.3 is 6.18 Å². The van der Waals surface area contributed by atoms with Gasteiger partial charge in [0.15, 0.2) is 17.6 Å². The minimum atomic E-state index is -4.95. The zero-order valence-electron chi connectivity index (χ0n) is 17.2. The van der Waals surface area contributed by atoms with E-state index in [0.29, 0.717) is 12.1 Å². The first-order valence-corrected chi connectivity index (χ1v) is 9.26. The van der Waals surface area contributed by atoms with Crippen LogP contribution in [0.1, 0.15) is 37.7 Å². The Labute approximate surface area is 194 Å². The summed E-state index contributed by atoms with van der Waals surface area (Å²) >= 11 is 0. The zero-order chi connectivity index (χ0) is 22.5. The number of aliphatic imine (C=N–C) groups is 1. The van der Waals surface area contributed by atoms with E-state index in [-0.39, 0.29) is 36.5 Å². The van der Waals surface area contributed by atoms with Gasteiger partial charge in [0, 0.05) is 39.0 Å². The largest absolute Gasteiger partial charge is 0.424 e. The summed E-state index contributed by atoms with van der Waals surface area (Å²) in [5.41, 5.74) is -2.74. The summed E-state index contributed by atoms with van der Waals surface area (Å²) < 4.78 is 68.4. The van der Waals surface area contributed by atoms with Gasteiger partial charge in [-0.05, 0) is 31.5 Å². The molecule has 0 saturated heterocycles. The van der Waals surface area contributed by atoms with Crippen molar-refractivity contribution in [1.82, 2.24) is 20.2 Å². The third-order valence-corrected chi connectivity index (χ3v) is 4.54. The summed E-state index contributed by atoms with van der Waals surface area (Å²) in [7, 11) is 1.36. The van der Waals surface area contributed by atoms with Crippen molar-refractivity contribution in [1.29, 1.82) is 0 Å². The highest BCUT2D eigenvalue weighted by Gasteiger charge is 2.57. The van der Waals surface area contributed by atoms with Gasteiger partial charge < -0.3 is 20.3 Å². The van der Waals surface area contributed by atoms with Crippen LogP contribution in [0.2, 0.25) is 0 Å². The standard InChI is InChI=1S/C19H24F5N5O.HI/c1-4-25-17(28-12(2)13-5-6-14(20)15(21)11-13)27-8-7-18(30,19(22,23)24)16-26-9-10-29(16)3;/h5-6,9-12,30H,4,7-8H2,1-3H3,(H2,25,27,28);1H. The van der Waals surface area contributed by atoms with Gasteiger partial charge in [-0.2, -0.15) is 13.2 Å². The van der Waals surface area contributed by atoms with Crippen LogP contribution in [0.15, 0.2) is 35.6 Å². The minimum Gasteiger partial charge on any atom is -0.374 e. The summed E-state index contributed by atoms with van der Waals surface area (Å²) in [5, 5.41) is 16.1. The molecule has 0 amide bonds. The summed E-state index contributed by atoms with van der Waals surface area (Å²) in [6.07, 6.45) is -3.22. The first-order chi connectivity index (χ1) is 14.0. The van der Waals surface area contributed by atoms with Gasteiger partial charge in [0.1, 0.15) is 5.82 Å². The number of benzene rings is 1. The second-order valence-electron chi connectivity index (χ2n) is 6.77. The molecule has 1 aromatic carbocycles. The van der Waals surface area contributed by atoms with E-state index >= 15 is 0 Å². The second-order valence-corrected chi connectivity index (χ2v) is 6.77. The number of alkyl halides is 3. The molecule has 0 fully saturated rings. The summed E-state index contributed by atoms with van der Waals surface area (Å²) in [4.78, 5) is 7.73. The maximum atomic E-state index is 13.6. The van der Waals surface area contributed by atoms with Crippen molar-refractivity contribution < 1.29 is 27.1 Å². The van der Waals surface area contributed by atoms with Gasteiger partial charge in [0.05, 0.1) is 6.04 Å². The first-order valence-electron chi connectivity index (χ1n) is 9.26. The van der Waals surface area contributed by atoms with Crippen LogP contribution in [0.4, 0.5) is 22.0 Å². The lowest BCUT2D eigenvalue weighted by atomic mass is 9.98. The second kappa shape index (κ2) is 11.1. The van der Waals surface area contributed by atoms with E-state index in [1.807, 2.05) is 0 Å². The number of rotatable bonds is 7. The number of aromatic nitrogens is 2. The third-order valence-electron chi connectivity index (χ3n) is 4.54. The average Bonchev–Trinajstić information content (AvgIpc) is 3.09. The Morgan fingerprint density at radius 1 is 1.26 bits per heavy atom. The van der Waals surface area contributed by atoms with Crippen LogP contribution in [0.3, 0.4) is 0 Å². The highest BCUT2D eigenvalue weighted by Crippen LogP contribution is 2.40. The number of imidazole rings is 1. The maximum absolute atomic E-state index is 13.6. The Balaban J connectivity index is 0.00000480. The third kappa shape index (κ3) is 6.51. The number of halogens is 6. The van der Waals surface area contributed by atoms with Crippen LogP contribution in [0.25, 0.3) is 0 Å². The smallest absolute Gasteiger partial charge is 0.374 e. The Kier molecular flexibility index (Phi) is 9.67. The van der Waals surface area contributed by atoms with Crippen molar-refractivity contribution in [2.24, 2.45) is 12.0 Å². The molecule has 0 saturated carbocycles. The maximum Gasteiger partial charge on any atom is 0.424 e. The molecule has 3 N–H and O–H groups in total. The molecule has 0 bridgehead atoms. The van der Waals surface area contributed by atoms with Crippen molar-refractivity contribution in [2.75, 3.05) is 13.1 Å². The van der Waals surface area contributed by atoms with Crippen LogP contribution in [-0.2, 0) is 12.6 Å². The Bertz CT molecular complexity index is 889. The first kappa shape index (κ1) is 27.1. The number of hydrogen-bond donors (Lipinski definition) is 3. The summed E-state index contributed by atoms with van der Waals surface area (Å²) in [6.45, 7) is 3.47. The SMILES string of the molecule is CCNC(=NCCC(O)(c1nccn1C)C(F)(F)F)NC(C)c1ccc(F)c(F)c1.I. The fourth-order valence-corrected chi connectivity index (χ4v) is 2.86. The Hall–Kier alpha value is -1.96. The molecular formula is C19H25F5IN5O. The molecule has 0 spiro atoms. The number of guanidine groups is 1. The predicted molar refractivity (Wildman–Crippen MR) is 117 cm³/mol. The molecule has 0 aliphatic rings. The van der Waals surface area contributed by atoms with Gasteiger partial charge in [0.2, 0.25) is 5.60 Å². The van der Waals surface area contributed by atoms with Gasteiger partial charge in [0.25, 0.3) is 0 Å². The molecule has 2 aromatic rings. The number of nitrogens with zero attached hydrogens (tertiary/aromatic N) is 3. The molecule has 0 aliphatic carbocycles. The Morgan fingerprint density at radius 2 is 1.94 bits per heavy atom. The number of hydrogen-bond acceptors (Lipinski definition) is 3. The number of aliphatic hydroxyl groups is 1. The topological polar surface area (TPSA) is 74.5 Å². The molecule has 12 heteroatoms. The summed E-state index contributed by atoms with van der Waals surface area (Å²) in [5.74, 6) is -2.35. The van der Waals surface area contributed by atoms with Crippen LogP contribution in [0.5, 0.6) is 0 Å². The fourth-order valence-electron chi connectivity index (χ4n) is 2.86. The molecule has 2 atom stereocenters. The molecule has 1 heterocycles. The predicted octanol–water partition coefficient (Wildman–Crippen LogP) is 3.77. The van der Waals surface area contributed by atoms with Gasteiger partial charge in [-0.1, -0.05) is 6.07 Å². The van der Waals surface area contributed by atoms with Crippen LogP contribution >= 0.6 is 24.0 Å². The monoisotopic (exact) mass is 561 g/mol. The number of nitrogens with one attached hydrogen (secondary N) is 2. The number of aryl methyl sites for hydroxylation is 1. The average molecular weight is 561 g/mol. The van der Waals surface area contributed by atoms with Crippen molar-refractivity contribution in [3.63, 3.8) is 0 Å². The molecule has 174 valence electrons. The van der Waals surface area contributed by atoms with Crippen molar-refractivity contribution >= 4 is 29.9 Å². The van der Waals surface area contributed by atoms with E-state index in [1.165, 1.54) is 25.5 Å². The van der Waals surface area contributed by atoms with Gasteiger partial charge in [-0.15, -0.1) is 24.0 Å². The fraction of sp³-hybridized carbons (Fsp3) is 0.474. The lowest BCUT2D eigenvalue weighted by Crippen LogP contribution is -2.45. The Morgan fingerprint density at radius 3 is 2.45 bits per heavy atom. The van der Waals surface area contributed by atoms with Crippen LogP contribution in [0, 0.1) is 11.6 Å². The van der Waals surface area contributed by atoms with E-state index in [4.69, 9.17) is 0 Å². The van der Waals surface area contributed by atoms with E-state index in [1.54, 1.807) is 13.8 Å². The van der Waals surface area contributed by atoms with E-state index in [9.17, 15) is 27.1 Å². The quantitative estimate of drug-likeness (QED) is 0.208. The zero-order valence-corrected chi connectivity index (χ0v) is 19.5. The van der Waals surface area contributed by atoms with Gasteiger partial charge in [-0.25, -0.2) is 13.8 Å². The molecule has 31 heavy (non-hydrogen) atoms. The van der Waals surface area contributed by atoms with Crippen molar-refractivity contribution in [2.45, 2.75) is 38.1 Å².